The van der Waals surface area contributed by atoms with Gasteiger partial charge >= 0.3 is 0 Å². The van der Waals surface area contributed by atoms with Gasteiger partial charge in [0, 0.05) is 13.0 Å². The number of rotatable bonds is 10. The maximum absolute atomic E-state index is 12.3. The van der Waals surface area contributed by atoms with Crippen molar-refractivity contribution in [3.63, 3.8) is 0 Å². The van der Waals surface area contributed by atoms with Crippen LogP contribution >= 0.6 is 11.8 Å². The highest BCUT2D eigenvalue weighted by Crippen LogP contribution is 2.25. The number of primary amides is 1. The van der Waals surface area contributed by atoms with E-state index in [1.807, 2.05) is 13.8 Å². The van der Waals surface area contributed by atoms with Crippen molar-refractivity contribution in [1.29, 1.82) is 0 Å². The van der Waals surface area contributed by atoms with Crippen molar-refractivity contribution in [3.05, 3.63) is 18.4 Å². The summed E-state index contributed by atoms with van der Waals surface area (Å²) < 4.78 is 7.08. The first-order chi connectivity index (χ1) is 12.9. The third kappa shape index (κ3) is 5.14. The fourth-order valence-corrected chi connectivity index (χ4v) is 3.27. The summed E-state index contributed by atoms with van der Waals surface area (Å²) in [7, 11) is 0. The van der Waals surface area contributed by atoms with Gasteiger partial charge in [0.05, 0.1) is 12.0 Å². The fraction of sp³-hybridized carbons (Fsp3) is 0.444. The maximum Gasteiger partial charge on any atom is 0.231 e. The minimum Gasteiger partial charge on any atom is -0.461 e. The van der Waals surface area contributed by atoms with Gasteiger partial charge in [-0.15, -0.1) is 16.6 Å². The van der Waals surface area contributed by atoms with Crippen molar-refractivity contribution in [2.24, 2.45) is 5.73 Å². The van der Waals surface area contributed by atoms with Crippen LogP contribution in [0.25, 0.3) is 11.6 Å². The number of carbonyl (C=O) groups is 2. The van der Waals surface area contributed by atoms with Gasteiger partial charge in [-0.25, -0.2) is 0 Å². The molecule has 2 rings (SSSR count). The number of nitrogens with one attached hydrogen (secondary N) is 1. The van der Waals surface area contributed by atoms with Gasteiger partial charge in [-0.05, 0) is 25.0 Å². The smallest absolute Gasteiger partial charge is 0.231 e. The van der Waals surface area contributed by atoms with Crippen LogP contribution in [0.3, 0.4) is 0 Å². The van der Waals surface area contributed by atoms with Crippen molar-refractivity contribution in [2.75, 3.05) is 5.75 Å². The summed E-state index contributed by atoms with van der Waals surface area (Å²) in [5, 5.41) is 11.6. The van der Waals surface area contributed by atoms with Crippen LogP contribution in [0.1, 0.15) is 33.1 Å². The Kier molecular flexibility index (Phi) is 7.07. The molecule has 0 saturated carbocycles. The van der Waals surface area contributed by atoms with E-state index in [2.05, 4.69) is 21.4 Å². The molecule has 2 heterocycles. The molecule has 3 N–H and O–H groups in total. The molecule has 2 amide bonds. The molecule has 0 saturated heterocycles. The number of nitrogens with zero attached hydrogens (tertiary/aromatic N) is 3. The first-order valence-corrected chi connectivity index (χ1v) is 9.60. The van der Waals surface area contributed by atoms with Crippen LogP contribution in [0.2, 0.25) is 0 Å². The predicted octanol–water partition coefficient (Wildman–Crippen LogP) is 1.81. The molecule has 0 atom stereocenters. The zero-order valence-electron chi connectivity index (χ0n) is 15.4. The number of hydrogen-bond donors (Lipinski definition) is 2. The van der Waals surface area contributed by atoms with Gasteiger partial charge in [-0.2, -0.15) is 0 Å². The molecule has 2 aromatic heterocycles. The third-order valence-electron chi connectivity index (χ3n) is 4.23. The van der Waals surface area contributed by atoms with Crippen molar-refractivity contribution in [3.8, 4) is 23.9 Å². The highest BCUT2D eigenvalue weighted by molar-refractivity contribution is 7.99. The quantitative estimate of drug-likeness (QED) is 0.473. The summed E-state index contributed by atoms with van der Waals surface area (Å²) in [5.41, 5.74) is 4.62. The molecule has 0 aliphatic heterocycles. The molecule has 0 aliphatic rings. The second-order valence-electron chi connectivity index (χ2n) is 5.92. The van der Waals surface area contributed by atoms with Gasteiger partial charge in [-0.3, -0.25) is 14.2 Å². The lowest BCUT2D eigenvalue weighted by Gasteiger charge is -2.26. The first kappa shape index (κ1) is 20.6. The summed E-state index contributed by atoms with van der Waals surface area (Å²) in [5.74, 6) is 3.16. The number of hydrogen-bond acceptors (Lipinski definition) is 6. The van der Waals surface area contributed by atoms with E-state index in [0.29, 0.717) is 36.1 Å². The van der Waals surface area contributed by atoms with Gasteiger partial charge < -0.3 is 15.5 Å². The highest BCUT2D eigenvalue weighted by Gasteiger charge is 2.26. The molecule has 0 unspecified atom stereocenters. The predicted molar refractivity (Wildman–Crippen MR) is 103 cm³/mol. The summed E-state index contributed by atoms with van der Waals surface area (Å²) >= 11 is 1.21. The van der Waals surface area contributed by atoms with Gasteiger partial charge in [0.25, 0.3) is 0 Å². The molecule has 144 valence electrons. The van der Waals surface area contributed by atoms with Gasteiger partial charge in [0.2, 0.25) is 11.8 Å². The highest BCUT2D eigenvalue weighted by atomic mass is 32.2. The molecule has 0 radical (unpaired) electrons. The van der Waals surface area contributed by atoms with E-state index in [9.17, 15) is 9.59 Å². The number of amides is 2. The lowest BCUT2D eigenvalue weighted by Crippen LogP contribution is -2.47. The average molecular weight is 389 g/mol. The summed E-state index contributed by atoms with van der Waals surface area (Å²) in [6, 6.07) is 3.48. The van der Waals surface area contributed by atoms with Crippen LogP contribution in [-0.4, -0.2) is 37.9 Å². The van der Waals surface area contributed by atoms with Crippen molar-refractivity contribution in [2.45, 2.75) is 50.4 Å². The zero-order chi connectivity index (χ0) is 19.9. The van der Waals surface area contributed by atoms with Crippen LogP contribution < -0.4 is 11.1 Å². The Balaban J connectivity index is 2.13. The molecular weight excluding hydrogens is 366 g/mol. The van der Waals surface area contributed by atoms with Crippen LogP contribution in [0, 0.1) is 12.3 Å². The van der Waals surface area contributed by atoms with E-state index >= 15 is 0 Å². The zero-order valence-corrected chi connectivity index (χ0v) is 16.2. The molecule has 0 fully saturated rings. The molecule has 0 spiro atoms. The van der Waals surface area contributed by atoms with E-state index in [4.69, 9.17) is 16.6 Å². The first-order valence-electron chi connectivity index (χ1n) is 8.61. The number of terminal acetylenes is 1. The minimum absolute atomic E-state index is 0.121. The van der Waals surface area contributed by atoms with Crippen molar-refractivity contribution < 1.29 is 14.0 Å². The van der Waals surface area contributed by atoms with E-state index in [1.54, 1.807) is 16.7 Å². The Morgan fingerprint density at radius 3 is 2.70 bits per heavy atom. The summed E-state index contributed by atoms with van der Waals surface area (Å²) in [6.45, 7) is 4.17. The second kappa shape index (κ2) is 9.28. The molecule has 8 nitrogen and oxygen atoms in total. The Labute approximate surface area is 162 Å². The van der Waals surface area contributed by atoms with Crippen LogP contribution in [-0.2, 0) is 16.1 Å². The van der Waals surface area contributed by atoms with Gasteiger partial charge in [-0.1, -0.05) is 31.5 Å². The summed E-state index contributed by atoms with van der Waals surface area (Å²) in [4.78, 5) is 23.5. The number of carbonyl (C=O) groups excluding carboxylic acids is 2. The SMILES string of the molecule is C#CC(CC)(CC)NC(=O)CSc1nnc(-c2ccco2)n1CCC(N)=O. The number of furan rings is 1. The van der Waals surface area contributed by atoms with E-state index in [0.717, 1.165) is 0 Å². The average Bonchev–Trinajstić information content (AvgIpc) is 3.32. The Morgan fingerprint density at radius 2 is 2.15 bits per heavy atom. The fourth-order valence-electron chi connectivity index (χ4n) is 2.51. The maximum atomic E-state index is 12.3. The van der Waals surface area contributed by atoms with Crippen LogP contribution in [0.4, 0.5) is 0 Å². The minimum atomic E-state index is -0.642. The van der Waals surface area contributed by atoms with Gasteiger partial charge in [0.15, 0.2) is 16.7 Å². The summed E-state index contributed by atoms with van der Waals surface area (Å²) in [6.07, 6.45) is 8.52. The second-order valence-corrected chi connectivity index (χ2v) is 6.86. The normalized spacial score (nSPS) is 11.1. The Bertz CT molecular complexity index is 819. The van der Waals surface area contributed by atoms with Crippen molar-refractivity contribution >= 4 is 23.6 Å². The third-order valence-corrected chi connectivity index (χ3v) is 5.20. The Hall–Kier alpha value is -2.73. The standard InChI is InChI=1S/C18H23N5O3S/c1-4-18(5-2,6-3)20-15(25)12-27-17-22-21-16(13-8-7-11-26-13)23(17)10-9-14(19)24/h1,7-8,11H,5-6,9-10,12H2,2-3H3,(H2,19,24)(H,20,25). The van der Waals surface area contributed by atoms with Crippen LogP contribution in [0.5, 0.6) is 0 Å². The Morgan fingerprint density at radius 1 is 1.41 bits per heavy atom. The van der Waals surface area contributed by atoms with E-state index in [-0.39, 0.29) is 18.1 Å². The molecule has 27 heavy (non-hydrogen) atoms. The molecule has 0 bridgehead atoms. The molecule has 9 heteroatoms. The number of nitrogens with two attached hydrogens (primary N) is 1. The lowest BCUT2D eigenvalue weighted by atomic mass is 9.94. The van der Waals surface area contributed by atoms with Gasteiger partial charge in [0.1, 0.15) is 5.54 Å². The lowest BCUT2D eigenvalue weighted by molar-refractivity contribution is -0.120. The van der Waals surface area contributed by atoms with Crippen LogP contribution in [0.15, 0.2) is 28.0 Å². The number of aromatic nitrogens is 3. The molecular formula is C18H23N5O3S. The van der Waals surface area contributed by atoms with E-state index in [1.165, 1.54) is 18.0 Å². The van der Waals surface area contributed by atoms with E-state index < -0.39 is 11.4 Å². The number of thioether (sulfide) groups is 1. The monoisotopic (exact) mass is 389 g/mol. The van der Waals surface area contributed by atoms with Crippen molar-refractivity contribution in [1.82, 2.24) is 20.1 Å². The largest absolute Gasteiger partial charge is 0.461 e. The molecule has 2 aromatic rings. The molecule has 0 aromatic carbocycles. The molecule has 0 aliphatic carbocycles. The topological polar surface area (TPSA) is 116 Å².